The summed E-state index contributed by atoms with van der Waals surface area (Å²) in [6, 6.07) is 6.08. The van der Waals surface area contributed by atoms with E-state index in [-0.39, 0.29) is 30.1 Å². The highest BCUT2D eigenvalue weighted by molar-refractivity contribution is 5.94. The predicted octanol–water partition coefficient (Wildman–Crippen LogP) is 0.500. The molecule has 1 amide bonds. The van der Waals surface area contributed by atoms with E-state index in [0.29, 0.717) is 13.2 Å². The van der Waals surface area contributed by atoms with Crippen LogP contribution in [0, 0.1) is 29.0 Å². The molecule has 108 valence electrons. The Morgan fingerprint density at radius 3 is 3.05 bits per heavy atom. The number of rotatable bonds is 1. The molecule has 1 atom stereocenters. The first kappa shape index (κ1) is 15.0. The molecule has 6 heteroatoms. The van der Waals surface area contributed by atoms with E-state index in [4.69, 9.17) is 15.7 Å². The summed E-state index contributed by atoms with van der Waals surface area (Å²) < 4.78 is 19.0. The molecule has 1 unspecified atom stereocenters. The topological polar surface area (TPSA) is 79.4 Å². The maximum Gasteiger partial charge on any atom is 0.254 e. The Morgan fingerprint density at radius 2 is 2.38 bits per heavy atom. The lowest BCUT2D eigenvalue weighted by Gasteiger charge is -2.29. The molecule has 1 fully saturated rings. The average Bonchev–Trinajstić information content (AvgIpc) is 2.53. The number of hydrogen-bond donors (Lipinski definition) is 1. The highest BCUT2D eigenvalue weighted by Gasteiger charge is 2.25. The second-order valence-corrected chi connectivity index (χ2v) is 4.44. The number of morpholine rings is 1. The van der Waals surface area contributed by atoms with Crippen LogP contribution in [0.1, 0.15) is 15.9 Å². The smallest absolute Gasteiger partial charge is 0.254 e. The van der Waals surface area contributed by atoms with Crippen LogP contribution in [0.15, 0.2) is 18.2 Å². The monoisotopic (exact) mass is 287 g/mol. The molecule has 0 saturated carbocycles. The van der Waals surface area contributed by atoms with Gasteiger partial charge in [-0.05, 0) is 18.2 Å². The molecular formula is C15H14FN3O2. The van der Waals surface area contributed by atoms with Crippen LogP contribution in [0.2, 0.25) is 0 Å². The summed E-state index contributed by atoms with van der Waals surface area (Å²) in [4.78, 5) is 13.8. The van der Waals surface area contributed by atoms with Gasteiger partial charge in [0.1, 0.15) is 5.82 Å². The van der Waals surface area contributed by atoms with Crippen molar-refractivity contribution in [1.82, 2.24) is 4.90 Å². The zero-order valence-corrected chi connectivity index (χ0v) is 11.3. The Kier molecular flexibility index (Phi) is 4.89. The van der Waals surface area contributed by atoms with Crippen molar-refractivity contribution in [2.75, 3.05) is 26.2 Å². The standard InChI is InChI=1S/C15H14FN3O2/c16-14-8-12(4-3-11(14)2-1-5-17)15(20)19-6-7-21-13(9-18)10-19/h3-4,8,13H,5-7,10,17H2. The molecule has 0 radical (unpaired) electrons. The summed E-state index contributed by atoms with van der Waals surface area (Å²) in [5.41, 5.74) is 5.66. The second kappa shape index (κ2) is 6.85. The van der Waals surface area contributed by atoms with E-state index in [9.17, 15) is 9.18 Å². The Bertz CT molecular complexity index is 643. The number of nitriles is 1. The maximum atomic E-state index is 13.9. The van der Waals surface area contributed by atoms with Crippen LogP contribution in [0.3, 0.4) is 0 Å². The van der Waals surface area contributed by atoms with Crippen molar-refractivity contribution in [1.29, 1.82) is 5.26 Å². The molecule has 21 heavy (non-hydrogen) atoms. The fourth-order valence-electron chi connectivity index (χ4n) is 1.99. The molecule has 1 aliphatic heterocycles. The number of carbonyl (C=O) groups is 1. The fraction of sp³-hybridized carbons (Fsp3) is 0.333. The zero-order valence-electron chi connectivity index (χ0n) is 11.3. The van der Waals surface area contributed by atoms with E-state index < -0.39 is 11.9 Å². The Morgan fingerprint density at radius 1 is 1.57 bits per heavy atom. The third-order valence-electron chi connectivity index (χ3n) is 3.04. The van der Waals surface area contributed by atoms with Crippen LogP contribution >= 0.6 is 0 Å². The number of halogens is 1. The number of nitrogens with zero attached hydrogens (tertiary/aromatic N) is 2. The lowest BCUT2D eigenvalue weighted by atomic mass is 10.1. The van der Waals surface area contributed by atoms with E-state index in [0.717, 1.165) is 6.07 Å². The largest absolute Gasteiger partial charge is 0.360 e. The van der Waals surface area contributed by atoms with Crippen LogP contribution in [-0.2, 0) is 4.74 Å². The van der Waals surface area contributed by atoms with Gasteiger partial charge < -0.3 is 15.4 Å². The molecule has 1 aromatic carbocycles. The maximum absolute atomic E-state index is 13.9. The van der Waals surface area contributed by atoms with Crippen LogP contribution in [-0.4, -0.2) is 43.2 Å². The Hall–Kier alpha value is -2.41. The van der Waals surface area contributed by atoms with Crippen molar-refractivity contribution in [2.24, 2.45) is 5.73 Å². The van der Waals surface area contributed by atoms with Gasteiger partial charge in [-0.2, -0.15) is 5.26 Å². The van der Waals surface area contributed by atoms with Crippen LogP contribution in [0.5, 0.6) is 0 Å². The summed E-state index contributed by atoms with van der Waals surface area (Å²) in [5.74, 6) is 4.27. The minimum Gasteiger partial charge on any atom is -0.360 e. The molecule has 0 aromatic heterocycles. The summed E-state index contributed by atoms with van der Waals surface area (Å²) in [5, 5.41) is 8.83. The van der Waals surface area contributed by atoms with Crippen LogP contribution in [0.4, 0.5) is 4.39 Å². The van der Waals surface area contributed by atoms with Gasteiger partial charge in [0, 0.05) is 12.1 Å². The Balaban J connectivity index is 2.16. The molecular weight excluding hydrogens is 273 g/mol. The van der Waals surface area contributed by atoms with E-state index in [2.05, 4.69) is 11.8 Å². The number of amides is 1. The number of carbonyl (C=O) groups excluding carboxylic acids is 1. The van der Waals surface area contributed by atoms with Gasteiger partial charge in [0.15, 0.2) is 6.10 Å². The average molecular weight is 287 g/mol. The predicted molar refractivity (Wildman–Crippen MR) is 73.6 cm³/mol. The van der Waals surface area contributed by atoms with Gasteiger partial charge in [-0.3, -0.25) is 4.79 Å². The van der Waals surface area contributed by atoms with E-state index >= 15 is 0 Å². The SMILES string of the molecule is N#CC1CN(C(=O)c2ccc(C#CCN)c(F)c2)CCO1. The first-order valence-corrected chi connectivity index (χ1v) is 6.44. The van der Waals surface area contributed by atoms with Crippen molar-refractivity contribution < 1.29 is 13.9 Å². The second-order valence-electron chi connectivity index (χ2n) is 4.44. The summed E-state index contributed by atoms with van der Waals surface area (Å²) >= 11 is 0. The molecule has 0 spiro atoms. The number of hydrogen-bond acceptors (Lipinski definition) is 4. The molecule has 2 rings (SSSR count). The van der Waals surface area contributed by atoms with Gasteiger partial charge in [0.05, 0.1) is 31.3 Å². The van der Waals surface area contributed by atoms with Gasteiger partial charge in [-0.25, -0.2) is 4.39 Å². The first-order chi connectivity index (χ1) is 10.2. The highest BCUT2D eigenvalue weighted by Crippen LogP contribution is 2.14. The lowest BCUT2D eigenvalue weighted by molar-refractivity contribution is 0.00345. The van der Waals surface area contributed by atoms with Gasteiger partial charge in [0.2, 0.25) is 0 Å². The summed E-state index contributed by atoms with van der Waals surface area (Å²) in [6.45, 7) is 1.01. The van der Waals surface area contributed by atoms with E-state index in [1.807, 2.05) is 6.07 Å². The summed E-state index contributed by atoms with van der Waals surface area (Å²) in [7, 11) is 0. The van der Waals surface area contributed by atoms with Gasteiger partial charge >= 0.3 is 0 Å². The van der Waals surface area contributed by atoms with Crippen molar-refractivity contribution in [3.8, 4) is 17.9 Å². The molecule has 0 bridgehead atoms. The minimum absolute atomic E-state index is 0.142. The fourth-order valence-corrected chi connectivity index (χ4v) is 1.99. The van der Waals surface area contributed by atoms with E-state index in [1.54, 1.807) is 0 Å². The van der Waals surface area contributed by atoms with Gasteiger partial charge in [-0.1, -0.05) is 11.8 Å². The highest BCUT2D eigenvalue weighted by atomic mass is 19.1. The third-order valence-corrected chi connectivity index (χ3v) is 3.04. The zero-order chi connectivity index (χ0) is 15.2. The molecule has 1 aromatic rings. The van der Waals surface area contributed by atoms with Crippen LogP contribution in [0.25, 0.3) is 0 Å². The summed E-state index contributed by atoms with van der Waals surface area (Å²) in [6.07, 6.45) is -0.637. The molecule has 1 aliphatic rings. The van der Waals surface area contributed by atoms with E-state index in [1.165, 1.54) is 17.0 Å². The molecule has 0 aliphatic carbocycles. The molecule has 1 saturated heterocycles. The van der Waals surface area contributed by atoms with Crippen molar-refractivity contribution in [2.45, 2.75) is 6.10 Å². The van der Waals surface area contributed by atoms with Gasteiger partial charge in [-0.15, -0.1) is 0 Å². The van der Waals surface area contributed by atoms with Crippen LogP contribution < -0.4 is 5.73 Å². The quantitative estimate of drug-likeness (QED) is 0.763. The van der Waals surface area contributed by atoms with Crippen molar-refractivity contribution >= 4 is 5.91 Å². The van der Waals surface area contributed by atoms with Crippen molar-refractivity contribution in [3.05, 3.63) is 35.1 Å². The van der Waals surface area contributed by atoms with Gasteiger partial charge in [0.25, 0.3) is 5.91 Å². The molecule has 1 heterocycles. The molecule has 5 nitrogen and oxygen atoms in total. The molecule has 2 N–H and O–H groups in total. The normalized spacial score (nSPS) is 17.6. The third kappa shape index (κ3) is 3.57. The Labute approximate surface area is 122 Å². The number of benzene rings is 1. The number of ether oxygens (including phenoxy) is 1. The first-order valence-electron chi connectivity index (χ1n) is 6.44. The number of nitrogens with two attached hydrogens (primary N) is 1. The lowest BCUT2D eigenvalue weighted by Crippen LogP contribution is -2.45. The van der Waals surface area contributed by atoms with Crippen molar-refractivity contribution in [3.63, 3.8) is 0 Å². The minimum atomic E-state index is -0.637.